The van der Waals surface area contributed by atoms with Gasteiger partial charge in [0.25, 0.3) is 5.91 Å². The Balaban J connectivity index is 1.45. The van der Waals surface area contributed by atoms with E-state index >= 15 is 0 Å². The molecule has 1 saturated carbocycles. The number of ether oxygens (including phenoxy) is 1. The summed E-state index contributed by atoms with van der Waals surface area (Å²) < 4.78 is 19.3. The highest BCUT2D eigenvalue weighted by Crippen LogP contribution is 2.58. The number of carbonyl (C=O) groups excluding carboxylic acids is 1. The minimum atomic E-state index is -0.274. The summed E-state index contributed by atoms with van der Waals surface area (Å²) in [6.07, 6.45) is 3.93. The molecule has 1 aliphatic carbocycles. The maximum atomic E-state index is 14.2. The molecule has 2 aromatic carbocycles. The van der Waals surface area contributed by atoms with Gasteiger partial charge in [0.05, 0.1) is 13.2 Å². The molecule has 1 amide bonds. The summed E-state index contributed by atoms with van der Waals surface area (Å²) in [6.45, 7) is 1.79. The predicted molar refractivity (Wildman–Crippen MR) is 129 cm³/mol. The van der Waals surface area contributed by atoms with Crippen molar-refractivity contribution >= 4 is 17.4 Å². The van der Waals surface area contributed by atoms with E-state index in [9.17, 15) is 14.3 Å². The average Bonchev–Trinajstić information content (AvgIpc) is 3.58. The summed E-state index contributed by atoms with van der Waals surface area (Å²) in [5.41, 5.74) is 4.18. The predicted octanol–water partition coefficient (Wildman–Crippen LogP) is 4.15. The van der Waals surface area contributed by atoms with Crippen LogP contribution in [0, 0.1) is 5.82 Å². The lowest BCUT2D eigenvalue weighted by Crippen LogP contribution is -2.36. The fourth-order valence-electron chi connectivity index (χ4n) is 4.81. The van der Waals surface area contributed by atoms with Crippen LogP contribution in [0.15, 0.2) is 60.8 Å². The van der Waals surface area contributed by atoms with Gasteiger partial charge in [0.1, 0.15) is 11.6 Å². The zero-order valence-corrected chi connectivity index (χ0v) is 19.2. The van der Waals surface area contributed by atoms with E-state index < -0.39 is 0 Å². The molecule has 176 valence electrons. The van der Waals surface area contributed by atoms with Crippen molar-refractivity contribution in [2.45, 2.75) is 18.3 Å². The molecule has 6 nitrogen and oxygen atoms in total. The molecule has 5 rings (SSSR count). The molecule has 0 unspecified atom stereocenters. The highest BCUT2D eigenvalue weighted by atomic mass is 19.1. The zero-order valence-electron chi connectivity index (χ0n) is 19.2. The molecule has 1 spiro atoms. The van der Waals surface area contributed by atoms with Crippen LogP contribution < -0.4 is 4.90 Å². The van der Waals surface area contributed by atoms with Crippen LogP contribution in [-0.2, 0) is 10.2 Å². The van der Waals surface area contributed by atoms with Crippen LogP contribution in [0.3, 0.4) is 0 Å². The SMILES string of the molecule is COCCN(CCO)C(=O)c1ccc2c(c1)N(c1ccc(-c3ccccc3F)cn1)CC21CC1. The highest BCUT2D eigenvalue weighted by molar-refractivity contribution is 5.96. The van der Waals surface area contributed by atoms with Gasteiger partial charge >= 0.3 is 0 Å². The fraction of sp³-hybridized carbons (Fsp3) is 0.333. The molecule has 34 heavy (non-hydrogen) atoms. The molecule has 1 aliphatic heterocycles. The number of carbonyl (C=O) groups is 1. The van der Waals surface area contributed by atoms with Crippen molar-refractivity contribution in [3.63, 3.8) is 0 Å². The minimum absolute atomic E-state index is 0.103. The van der Waals surface area contributed by atoms with Crippen molar-refractivity contribution in [3.8, 4) is 11.1 Å². The number of hydrogen-bond donors (Lipinski definition) is 1. The first-order valence-electron chi connectivity index (χ1n) is 11.6. The molecule has 7 heteroatoms. The van der Waals surface area contributed by atoms with E-state index in [0.29, 0.717) is 24.3 Å². The van der Waals surface area contributed by atoms with Gasteiger partial charge in [-0.2, -0.15) is 0 Å². The van der Waals surface area contributed by atoms with E-state index in [0.717, 1.165) is 36.5 Å². The van der Waals surface area contributed by atoms with Crippen molar-refractivity contribution in [2.24, 2.45) is 0 Å². The first kappa shape index (κ1) is 22.5. The number of halogens is 1. The van der Waals surface area contributed by atoms with Gasteiger partial charge in [0, 0.05) is 60.7 Å². The van der Waals surface area contributed by atoms with Crippen LogP contribution in [0.4, 0.5) is 15.9 Å². The molecule has 2 heterocycles. The van der Waals surface area contributed by atoms with Crippen LogP contribution in [-0.4, -0.2) is 60.9 Å². The summed E-state index contributed by atoms with van der Waals surface area (Å²) >= 11 is 0. The van der Waals surface area contributed by atoms with Crippen molar-refractivity contribution in [1.82, 2.24) is 9.88 Å². The molecule has 3 aromatic rings. The molecule has 1 aromatic heterocycles. The molecule has 1 fully saturated rings. The molecule has 0 radical (unpaired) electrons. The van der Waals surface area contributed by atoms with Gasteiger partial charge in [-0.25, -0.2) is 9.37 Å². The third-order valence-electron chi connectivity index (χ3n) is 6.85. The van der Waals surface area contributed by atoms with Crippen molar-refractivity contribution in [1.29, 1.82) is 0 Å². The summed E-state index contributed by atoms with van der Waals surface area (Å²) in [6, 6.07) is 16.4. The van der Waals surface area contributed by atoms with E-state index in [1.165, 1.54) is 11.6 Å². The van der Waals surface area contributed by atoms with Crippen LogP contribution in [0.5, 0.6) is 0 Å². The number of benzene rings is 2. The normalized spacial score (nSPS) is 15.4. The lowest BCUT2D eigenvalue weighted by molar-refractivity contribution is 0.0656. The highest BCUT2D eigenvalue weighted by Gasteiger charge is 2.52. The molecule has 0 saturated heterocycles. The number of methoxy groups -OCH3 is 1. The smallest absolute Gasteiger partial charge is 0.254 e. The average molecular weight is 462 g/mol. The van der Waals surface area contributed by atoms with Crippen molar-refractivity contribution in [3.05, 3.63) is 77.7 Å². The van der Waals surface area contributed by atoms with Gasteiger partial charge in [0.2, 0.25) is 0 Å². The second-order valence-electron chi connectivity index (χ2n) is 8.99. The summed E-state index contributed by atoms with van der Waals surface area (Å²) in [5, 5.41) is 9.40. The van der Waals surface area contributed by atoms with Gasteiger partial charge in [-0.3, -0.25) is 4.79 Å². The maximum absolute atomic E-state index is 14.2. The molecule has 2 aliphatic rings. The summed E-state index contributed by atoms with van der Waals surface area (Å²) in [7, 11) is 1.59. The minimum Gasteiger partial charge on any atom is -0.395 e. The number of pyridine rings is 1. The van der Waals surface area contributed by atoms with E-state index in [1.807, 2.05) is 30.3 Å². The van der Waals surface area contributed by atoms with Gasteiger partial charge in [-0.1, -0.05) is 24.3 Å². The van der Waals surface area contributed by atoms with Crippen molar-refractivity contribution in [2.75, 3.05) is 44.9 Å². The Morgan fingerprint density at radius 3 is 2.68 bits per heavy atom. The Bertz CT molecular complexity index is 1190. The van der Waals surface area contributed by atoms with Gasteiger partial charge in [-0.15, -0.1) is 0 Å². The van der Waals surface area contributed by atoms with E-state index in [2.05, 4.69) is 16.0 Å². The molecular formula is C27H28FN3O3. The van der Waals surface area contributed by atoms with Gasteiger partial charge in [0.15, 0.2) is 0 Å². The van der Waals surface area contributed by atoms with Gasteiger partial charge in [-0.05, 0) is 48.7 Å². The summed E-state index contributed by atoms with van der Waals surface area (Å²) in [4.78, 5) is 21.6. The number of rotatable bonds is 8. The van der Waals surface area contributed by atoms with E-state index in [4.69, 9.17) is 4.74 Å². The molecular weight excluding hydrogens is 433 g/mol. The first-order valence-corrected chi connectivity index (χ1v) is 11.6. The van der Waals surface area contributed by atoms with Crippen LogP contribution >= 0.6 is 0 Å². The molecule has 1 N–H and O–H groups in total. The zero-order chi connectivity index (χ0) is 23.7. The Hall–Kier alpha value is -3.29. The first-order chi connectivity index (χ1) is 16.6. The lowest BCUT2D eigenvalue weighted by Gasteiger charge is -2.23. The third-order valence-corrected chi connectivity index (χ3v) is 6.85. The fourth-order valence-corrected chi connectivity index (χ4v) is 4.81. The largest absolute Gasteiger partial charge is 0.395 e. The number of aliphatic hydroxyl groups excluding tert-OH is 1. The number of aromatic nitrogens is 1. The summed E-state index contributed by atoms with van der Waals surface area (Å²) in [5.74, 6) is 0.374. The maximum Gasteiger partial charge on any atom is 0.254 e. The molecule has 0 bridgehead atoms. The number of amides is 1. The van der Waals surface area contributed by atoms with Crippen LogP contribution in [0.25, 0.3) is 11.1 Å². The lowest BCUT2D eigenvalue weighted by atomic mass is 9.97. The topological polar surface area (TPSA) is 65.9 Å². The van der Waals surface area contributed by atoms with E-state index in [-0.39, 0.29) is 30.3 Å². The monoisotopic (exact) mass is 461 g/mol. The number of nitrogens with zero attached hydrogens (tertiary/aromatic N) is 3. The quantitative estimate of drug-likeness (QED) is 0.546. The Labute approximate surface area is 198 Å². The number of anilines is 2. The third kappa shape index (κ3) is 4.06. The Morgan fingerprint density at radius 2 is 2.00 bits per heavy atom. The number of hydrogen-bond acceptors (Lipinski definition) is 5. The second-order valence-corrected chi connectivity index (χ2v) is 8.99. The number of fused-ring (bicyclic) bond motifs is 2. The standard InChI is InChI=1S/C27H28FN3O3/c1-34-15-13-30(12-14-32)26(33)19-6-8-22-24(16-19)31(18-27(22)10-11-27)25-9-7-20(17-29-25)21-4-2-3-5-23(21)28/h2-9,16-17,32H,10-15,18H2,1H3. The van der Waals surface area contributed by atoms with E-state index in [1.54, 1.807) is 30.3 Å². The van der Waals surface area contributed by atoms with Gasteiger partial charge < -0.3 is 19.6 Å². The van der Waals surface area contributed by atoms with Crippen molar-refractivity contribution < 1.29 is 19.0 Å². The Morgan fingerprint density at radius 1 is 1.18 bits per heavy atom. The van der Waals surface area contributed by atoms with Crippen LogP contribution in [0.1, 0.15) is 28.8 Å². The molecule has 0 atom stereocenters. The Kier molecular flexibility index (Phi) is 6.06. The number of aliphatic hydroxyl groups is 1. The second kappa shape index (κ2) is 9.16. The van der Waals surface area contributed by atoms with Crippen LogP contribution in [0.2, 0.25) is 0 Å².